The Hall–Kier alpha value is -2.80. The van der Waals surface area contributed by atoms with Crippen LogP contribution in [-0.2, 0) is 4.79 Å². The molecule has 1 atom stereocenters. The van der Waals surface area contributed by atoms with Crippen LogP contribution in [0.25, 0.3) is 0 Å². The molecule has 2 N–H and O–H groups in total. The van der Waals surface area contributed by atoms with E-state index >= 15 is 0 Å². The van der Waals surface area contributed by atoms with Crippen molar-refractivity contribution in [3.8, 4) is 5.75 Å². The molecule has 6 nitrogen and oxygen atoms in total. The molecule has 1 heterocycles. The Kier molecular flexibility index (Phi) is 5.27. The van der Waals surface area contributed by atoms with Crippen molar-refractivity contribution in [2.75, 3.05) is 23.9 Å². The molecule has 2 aromatic carbocycles. The van der Waals surface area contributed by atoms with Gasteiger partial charge in [0.2, 0.25) is 5.91 Å². The van der Waals surface area contributed by atoms with Crippen molar-refractivity contribution >= 4 is 34.9 Å². The zero-order chi connectivity index (χ0) is 18.7. The number of rotatable bonds is 4. The maximum Gasteiger partial charge on any atom is 0.319 e. The van der Waals surface area contributed by atoms with Crippen molar-refractivity contribution in [3.05, 3.63) is 53.3 Å². The second-order valence-electron chi connectivity index (χ2n) is 5.82. The lowest BCUT2D eigenvalue weighted by Crippen LogP contribution is -2.39. The predicted octanol–water partition coefficient (Wildman–Crippen LogP) is 3.41. The summed E-state index contributed by atoms with van der Waals surface area (Å²) in [6.07, 6.45) is 0.164. The molecule has 136 valence electrons. The van der Waals surface area contributed by atoms with Crippen molar-refractivity contribution in [2.45, 2.75) is 12.5 Å². The topological polar surface area (TPSA) is 70.7 Å². The van der Waals surface area contributed by atoms with Crippen LogP contribution in [0, 0.1) is 5.82 Å². The number of carbonyl (C=O) groups is 2. The molecule has 2 aromatic rings. The fraction of sp³-hybridized carbons (Fsp3) is 0.222. The van der Waals surface area contributed by atoms with Crippen LogP contribution in [0.15, 0.2) is 42.5 Å². The summed E-state index contributed by atoms with van der Waals surface area (Å²) >= 11 is 5.94. The van der Waals surface area contributed by atoms with Gasteiger partial charge in [-0.3, -0.25) is 4.79 Å². The number of methoxy groups -OCH3 is 1. The number of amides is 3. The average molecular weight is 378 g/mol. The third-order valence-corrected chi connectivity index (χ3v) is 4.24. The van der Waals surface area contributed by atoms with Gasteiger partial charge in [-0.05, 0) is 42.5 Å². The van der Waals surface area contributed by atoms with Crippen LogP contribution in [-0.4, -0.2) is 31.6 Å². The Bertz CT molecular complexity index is 829. The van der Waals surface area contributed by atoms with Crippen molar-refractivity contribution in [1.29, 1.82) is 0 Å². The Morgan fingerprint density at radius 3 is 2.69 bits per heavy atom. The second-order valence-corrected chi connectivity index (χ2v) is 6.26. The standard InChI is InChI=1S/C18H17ClFN3O3/c1-26-16-7-2-11(19)8-15(16)22-18(25)21-13-9-17(24)23(10-13)14-5-3-12(20)4-6-14/h2-8,13H,9-10H2,1H3,(H2,21,22,25). The first-order chi connectivity index (χ1) is 12.5. The summed E-state index contributed by atoms with van der Waals surface area (Å²) in [6, 6.07) is 9.70. The minimum atomic E-state index is -0.468. The summed E-state index contributed by atoms with van der Waals surface area (Å²) in [5.41, 5.74) is 1.02. The van der Waals surface area contributed by atoms with Crippen LogP contribution in [0.1, 0.15) is 6.42 Å². The van der Waals surface area contributed by atoms with Gasteiger partial charge in [0, 0.05) is 23.7 Å². The molecular formula is C18H17ClFN3O3. The Morgan fingerprint density at radius 1 is 1.27 bits per heavy atom. The highest BCUT2D eigenvalue weighted by Gasteiger charge is 2.31. The first kappa shape index (κ1) is 18.0. The normalized spacial score (nSPS) is 16.5. The SMILES string of the molecule is COc1ccc(Cl)cc1NC(=O)NC1CC(=O)N(c2ccc(F)cc2)C1. The van der Waals surface area contributed by atoms with E-state index in [-0.39, 0.29) is 24.2 Å². The van der Waals surface area contributed by atoms with Crippen LogP contribution in [0.3, 0.4) is 0 Å². The van der Waals surface area contributed by atoms with Gasteiger partial charge in [-0.1, -0.05) is 11.6 Å². The van der Waals surface area contributed by atoms with Gasteiger partial charge in [0.25, 0.3) is 0 Å². The summed E-state index contributed by atoms with van der Waals surface area (Å²) in [5, 5.41) is 5.88. The molecular weight excluding hydrogens is 361 g/mol. The van der Waals surface area contributed by atoms with Crippen molar-refractivity contribution < 1.29 is 18.7 Å². The van der Waals surface area contributed by atoms with Crippen LogP contribution < -0.4 is 20.3 Å². The molecule has 1 aliphatic rings. The fourth-order valence-electron chi connectivity index (χ4n) is 2.80. The van der Waals surface area contributed by atoms with Gasteiger partial charge >= 0.3 is 6.03 Å². The number of anilines is 2. The molecule has 1 unspecified atom stereocenters. The van der Waals surface area contributed by atoms with Gasteiger partial charge < -0.3 is 20.3 Å². The summed E-state index contributed by atoms with van der Waals surface area (Å²) < 4.78 is 18.2. The smallest absolute Gasteiger partial charge is 0.319 e. The highest BCUT2D eigenvalue weighted by atomic mass is 35.5. The minimum Gasteiger partial charge on any atom is -0.495 e. The number of urea groups is 1. The third-order valence-electron chi connectivity index (χ3n) is 4.01. The van der Waals surface area contributed by atoms with E-state index in [2.05, 4.69) is 10.6 Å². The molecule has 0 saturated carbocycles. The van der Waals surface area contributed by atoms with Gasteiger partial charge in [-0.15, -0.1) is 0 Å². The maximum atomic E-state index is 13.0. The van der Waals surface area contributed by atoms with E-state index < -0.39 is 6.03 Å². The quantitative estimate of drug-likeness (QED) is 0.857. The number of nitrogens with zero attached hydrogens (tertiary/aromatic N) is 1. The number of carbonyl (C=O) groups excluding carboxylic acids is 2. The number of hydrogen-bond donors (Lipinski definition) is 2. The van der Waals surface area contributed by atoms with Crippen LogP contribution in [0.5, 0.6) is 5.75 Å². The second kappa shape index (κ2) is 7.61. The molecule has 3 rings (SSSR count). The van der Waals surface area contributed by atoms with E-state index in [0.29, 0.717) is 28.7 Å². The summed E-state index contributed by atoms with van der Waals surface area (Å²) in [6.45, 7) is 0.310. The number of ether oxygens (including phenoxy) is 1. The van der Waals surface area contributed by atoms with Crippen LogP contribution in [0.2, 0.25) is 5.02 Å². The first-order valence-electron chi connectivity index (χ1n) is 7.93. The highest BCUT2D eigenvalue weighted by Crippen LogP contribution is 2.28. The lowest BCUT2D eigenvalue weighted by molar-refractivity contribution is -0.117. The molecule has 0 aliphatic carbocycles. The van der Waals surface area contributed by atoms with Crippen LogP contribution in [0.4, 0.5) is 20.6 Å². The molecule has 0 radical (unpaired) electrons. The van der Waals surface area contributed by atoms with E-state index in [4.69, 9.17) is 16.3 Å². The Balaban J connectivity index is 1.63. The number of nitrogens with one attached hydrogen (secondary N) is 2. The predicted molar refractivity (Wildman–Crippen MR) is 97.3 cm³/mol. The summed E-state index contributed by atoms with van der Waals surface area (Å²) in [7, 11) is 1.49. The van der Waals surface area contributed by atoms with Gasteiger partial charge in [0.1, 0.15) is 11.6 Å². The fourth-order valence-corrected chi connectivity index (χ4v) is 2.97. The molecule has 0 bridgehead atoms. The Labute approximate surface area is 154 Å². The Morgan fingerprint density at radius 2 is 2.00 bits per heavy atom. The first-order valence-corrected chi connectivity index (χ1v) is 8.31. The van der Waals surface area contributed by atoms with Gasteiger partial charge in [-0.2, -0.15) is 0 Å². The van der Waals surface area contributed by atoms with Crippen LogP contribution >= 0.6 is 11.6 Å². The molecule has 1 saturated heterocycles. The summed E-state index contributed by atoms with van der Waals surface area (Å²) in [4.78, 5) is 25.9. The van der Waals surface area contributed by atoms with E-state index in [1.807, 2.05) is 0 Å². The van der Waals surface area contributed by atoms with E-state index in [9.17, 15) is 14.0 Å². The van der Waals surface area contributed by atoms with E-state index in [1.165, 1.54) is 36.3 Å². The average Bonchev–Trinajstić information content (AvgIpc) is 2.96. The lowest BCUT2D eigenvalue weighted by atomic mass is 10.2. The summed E-state index contributed by atoms with van der Waals surface area (Å²) in [5.74, 6) is -0.0350. The number of benzene rings is 2. The molecule has 26 heavy (non-hydrogen) atoms. The van der Waals surface area contributed by atoms with E-state index in [0.717, 1.165) is 0 Å². The van der Waals surface area contributed by atoms with Crippen molar-refractivity contribution in [3.63, 3.8) is 0 Å². The van der Waals surface area contributed by atoms with Gasteiger partial charge in [-0.25, -0.2) is 9.18 Å². The molecule has 0 aromatic heterocycles. The monoisotopic (exact) mass is 377 g/mol. The van der Waals surface area contributed by atoms with Gasteiger partial charge in [0.05, 0.1) is 18.8 Å². The third kappa shape index (κ3) is 4.05. The number of hydrogen-bond acceptors (Lipinski definition) is 3. The molecule has 3 amide bonds. The highest BCUT2D eigenvalue weighted by molar-refractivity contribution is 6.31. The molecule has 0 spiro atoms. The van der Waals surface area contributed by atoms with Crippen molar-refractivity contribution in [2.24, 2.45) is 0 Å². The zero-order valence-electron chi connectivity index (χ0n) is 14.0. The maximum absolute atomic E-state index is 13.0. The lowest BCUT2D eigenvalue weighted by Gasteiger charge is -2.18. The van der Waals surface area contributed by atoms with E-state index in [1.54, 1.807) is 18.2 Å². The molecule has 1 fully saturated rings. The minimum absolute atomic E-state index is 0.137. The molecule has 1 aliphatic heterocycles. The van der Waals surface area contributed by atoms with Crippen molar-refractivity contribution in [1.82, 2.24) is 5.32 Å². The molecule has 8 heteroatoms. The van der Waals surface area contributed by atoms with Gasteiger partial charge in [0.15, 0.2) is 0 Å². The largest absolute Gasteiger partial charge is 0.495 e. The zero-order valence-corrected chi connectivity index (χ0v) is 14.7. The number of halogens is 2.